The Morgan fingerprint density at radius 3 is 2.95 bits per heavy atom. The number of fused-ring (bicyclic) bond motifs is 1. The normalized spacial score (nSPS) is 12.3. The molecule has 0 aliphatic carbocycles. The van der Waals surface area contributed by atoms with E-state index in [1.54, 1.807) is 6.07 Å². The fourth-order valence-corrected chi connectivity index (χ4v) is 2.65. The molecular weight excluding hydrogens is 296 g/mol. The number of para-hydroxylation sites is 1. The van der Waals surface area contributed by atoms with Crippen LogP contribution in [0.15, 0.2) is 28.0 Å². The topological polar surface area (TPSA) is 84.1 Å². The molecule has 3 N–H and O–H groups in total. The average Bonchev–Trinajstić information content (AvgIpc) is 2.46. The molecule has 0 unspecified atom stereocenters. The molecule has 0 aliphatic rings. The van der Waals surface area contributed by atoms with Gasteiger partial charge in [-0.05, 0) is 30.9 Å². The van der Waals surface area contributed by atoms with Crippen molar-refractivity contribution in [3.8, 4) is 0 Å². The number of aliphatic imine (C=N–C) groups is 1. The van der Waals surface area contributed by atoms with E-state index in [9.17, 15) is 4.79 Å². The lowest BCUT2D eigenvalue weighted by atomic mass is 10.1. The van der Waals surface area contributed by atoms with Crippen LogP contribution in [0.5, 0.6) is 0 Å². The van der Waals surface area contributed by atoms with Gasteiger partial charge in [0, 0.05) is 6.54 Å². The summed E-state index contributed by atoms with van der Waals surface area (Å²) in [5.41, 5.74) is 7.51. The SMILES string of the molecule is Cc1cccc2c(=O)[nH]c(CSC(N)=NCCC(C)C)nc12. The zero-order valence-corrected chi connectivity index (χ0v) is 14.0. The summed E-state index contributed by atoms with van der Waals surface area (Å²) in [6.45, 7) is 7.00. The molecule has 2 aromatic rings. The van der Waals surface area contributed by atoms with Crippen LogP contribution in [-0.4, -0.2) is 21.7 Å². The lowest BCUT2D eigenvalue weighted by Crippen LogP contribution is -2.14. The van der Waals surface area contributed by atoms with Crippen molar-refractivity contribution >= 4 is 27.8 Å². The van der Waals surface area contributed by atoms with Crippen molar-refractivity contribution in [1.82, 2.24) is 9.97 Å². The van der Waals surface area contributed by atoms with E-state index in [1.165, 1.54) is 11.8 Å². The van der Waals surface area contributed by atoms with Crippen molar-refractivity contribution in [1.29, 1.82) is 0 Å². The molecule has 0 radical (unpaired) electrons. The summed E-state index contributed by atoms with van der Waals surface area (Å²) < 4.78 is 0. The summed E-state index contributed by atoms with van der Waals surface area (Å²) in [6.07, 6.45) is 1.02. The predicted octanol–water partition coefficient (Wildman–Crippen LogP) is 2.83. The highest BCUT2D eigenvalue weighted by Crippen LogP contribution is 2.14. The molecule has 6 heteroatoms. The predicted molar refractivity (Wildman–Crippen MR) is 94.3 cm³/mol. The van der Waals surface area contributed by atoms with Gasteiger partial charge in [0.2, 0.25) is 0 Å². The Bertz CT molecular complexity index is 736. The van der Waals surface area contributed by atoms with Crippen LogP contribution >= 0.6 is 11.8 Å². The standard InChI is InChI=1S/C16H22N4OS/c1-10(2)7-8-18-16(17)22-9-13-19-14-11(3)5-4-6-12(14)15(21)20-13/h4-6,10H,7-9H2,1-3H3,(H2,17,18)(H,19,20,21). The quantitative estimate of drug-likeness (QED) is 0.656. The molecule has 0 amide bonds. The van der Waals surface area contributed by atoms with Crippen LogP contribution in [0.4, 0.5) is 0 Å². The molecule has 1 aromatic carbocycles. The second-order valence-corrected chi connectivity index (χ2v) is 6.67. The van der Waals surface area contributed by atoms with E-state index in [0.717, 1.165) is 24.0 Å². The molecule has 0 saturated heterocycles. The van der Waals surface area contributed by atoms with Gasteiger partial charge in [-0.15, -0.1) is 0 Å². The van der Waals surface area contributed by atoms with Crippen LogP contribution in [-0.2, 0) is 5.75 Å². The number of nitrogens with zero attached hydrogens (tertiary/aromatic N) is 2. The van der Waals surface area contributed by atoms with Gasteiger partial charge in [0.1, 0.15) is 5.82 Å². The summed E-state index contributed by atoms with van der Waals surface area (Å²) in [6, 6.07) is 5.60. The first-order valence-corrected chi connectivity index (χ1v) is 8.37. The van der Waals surface area contributed by atoms with Crippen LogP contribution in [0.3, 0.4) is 0 Å². The van der Waals surface area contributed by atoms with E-state index in [0.29, 0.717) is 28.0 Å². The molecule has 5 nitrogen and oxygen atoms in total. The molecule has 0 spiro atoms. The molecule has 0 bridgehead atoms. The minimum atomic E-state index is -0.111. The maximum atomic E-state index is 12.1. The minimum Gasteiger partial charge on any atom is -0.379 e. The Hall–Kier alpha value is -1.82. The van der Waals surface area contributed by atoms with Gasteiger partial charge in [0.25, 0.3) is 5.56 Å². The van der Waals surface area contributed by atoms with E-state index >= 15 is 0 Å². The van der Waals surface area contributed by atoms with Crippen LogP contribution in [0, 0.1) is 12.8 Å². The molecule has 1 aromatic heterocycles. The molecule has 22 heavy (non-hydrogen) atoms. The minimum absolute atomic E-state index is 0.111. The number of rotatable bonds is 5. The fraction of sp³-hybridized carbons (Fsp3) is 0.438. The van der Waals surface area contributed by atoms with E-state index in [-0.39, 0.29) is 5.56 Å². The Morgan fingerprint density at radius 2 is 2.23 bits per heavy atom. The first-order valence-electron chi connectivity index (χ1n) is 7.38. The summed E-state index contributed by atoms with van der Waals surface area (Å²) in [5, 5.41) is 1.15. The monoisotopic (exact) mass is 318 g/mol. The van der Waals surface area contributed by atoms with Crippen LogP contribution < -0.4 is 11.3 Å². The second-order valence-electron chi connectivity index (χ2n) is 5.67. The molecule has 0 aliphatic heterocycles. The number of hydrogen-bond acceptors (Lipinski definition) is 4. The lowest BCUT2D eigenvalue weighted by molar-refractivity contribution is 0.597. The third kappa shape index (κ3) is 4.34. The van der Waals surface area contributed by atoms with Crippen LogP contribution in [0.2, 0.25) is 0 Å². The number of aromatic amines is 1. The molecular formula is C16H22N4OS. The number of aryl methyl sites for hydroxylation is 1. The average molecular weight is 318 g/mol. The summed E-state index contributed by atoms with van der Waals surface area (Å²) >= 11 is 1.40. The Balaban J connectivity index is 2.09. The number of aromatic nitrogens is 2. The van der Waals surface area contributed by atoms with Crippen molar-refractivity contribution in [2.24, 2.45) is 16.6 Å². The number of nitrogens with two attached hydrogens (primary N) is 1. The van der Waals surface area contributed by atoms with Crippen molar-refractivity contribution in [3.05, 3.63) is 39.9 Å². The molecule has 0 fully saturated rings. The molecule has 118 valence electrons. The van der Waals surface area contributed by atoms with Crippen LogP contribution in [0.1, 0.15) is 31.7 Å². The number of amidine groups is 1. The number of nitrogens with one attached hydrogen (secondary N) is 1. The largest absolute Gasteiger partial charge is 0.379 e. The first kappa shape index (κ1) is 16.5. The summed E-state index contributed by atoms with van der Waals surface area (Å²) in [7, 11) is 0. The highest BCUT2D eigenvalue weighted by molar-refractivity contribution is 8.13. The Labute approximate surface area is 134 Å². The van der Waals surface area contributed by atoms with Gasteiger partial charge in [0.15, 0.2) is 5.17 Å². The van der Waals surface area contributed by atoms with E-state index < -0.39 is 0 Å². The Morgan fingerprint density at radius 1 is 1.45 bits per heavy atom. The number of thioether (sulfide) groups is 1. The molecule has 1 heterocycles. The zero-order valence-electron chi connectivity index (χ0n) is 13.2. The first-order chi connectivity index (χ1) is 10.5. The van der Waals surface area contributed by atoms with Gasteiger partial charge in [-0.1, -0.05) is 37.7 Å². The molecule has 0 atom stereocenters. The zero-order chi connectivity index (χ0) is 16.1. The van der Waals surface area contributed by atoms with Gasteiger partial charge in [-0.25, -0.2) is 4.98 Å². The van der Waals surface area contributed by atoms with Crippen molar-refractivity contribution < 1.29 is 0 Å². The van der Waals surface area contributed by atoms with Crippen molar-refractivity contribution in [3.63, 3.8) is 0 Å². The maximum absolute atomic E-state index is 12.1. The number of benzene rings is 1. The van der Waals surface area contributed by atoms with Gasteiger partial charge < -0.3 is 10.7 Å². The van der Waals surface area contributed by atoms with E-state index in [4.69, 9.17) is 5.73 Å². The third-order valence-corrected chi connectivity index (χ3v) is 4.16. The third-order valence-electron chi connectivity index (χ3n) is 3.32. The van der Waals surface area contributed by atoms with Gasteiger partial charge in [-0.2, -0.15) is 0 Å². The second kappa shape index (κ2) is 7.45. The lowest BCUT2D eigenvalue weighted by Gasteiger charge is -2.05. The summed E-state index contributed by atoms with van der Waals surface area (Å²) in [4.78, 5) is 23.7. The van der Waals surface area contributed by atoms with Gasteiger partial charge in [-0.3, -0.25) is 9.79 Å². The highest BCUT2D eigenvalue weighted by Gasteiger charge is 2.06. The number of H-pyrrole nitrogens is 1. The number of hydrogen-bond donors (Lipinski definition) is 2. The van der Waals surface area contributed by atoms with Crippen LogP contribution in [0.25, 0.3) is 10.9 Å². The molecule has 0 saturated carbocycles. The van der Waals surface area contributed by atoms with Crippen molar-refractivity contribution in [2.75, 3.05) is 6.54 Å². The van der Waals surface area contributed by atoms with E-state index in [2.05, 4.69) is 28.8 Å². The smallest absolute Gasteiger partial charge is 0.258 e. The van der Waals surface area contributed by atoms with E-state index in [1.807, 2.05) is 19.1 Å². The van der Waals surface area contributed by atoms with Gasteiger partial charge in [0.05, 0.1) is 16.7 Å². The maximum Gasteiger partial charge on any atom is 0.258 e. The summed E-state index contributed by atoms with van der Waals surface area (Å²) in [5.74, 6) is 1.75. The molecule has 2 rings (SSSR count). The Kier molecular flexibility index (Phi) is 5.60. The van der Waals surface area contributed by atoms with Gasteiger partial charge >= 0.3 is 0 Å². The van der Waals surface area contributed by atoms with Crippen molar-refractivity contribution in [2.45, 2.75) is 32.9 Å². The fourth-order valence-electron chi connectivity index (χ4n) is 2.04. The highest BCUT2D eigenvalue weighted by atomic mass is 32.2.